The molecule has 0 heterocycles. The molecule has 0 bridgehead atoms. The maximum Gasteiger partial charge on any atom is 0.302 e. The number of ketones is 2. The quantitative estimate of drug-likeness (QED) is 0.215. The largest absolute Gasteiger partial charge is 0.546 e. The second kappa shape index (κ2) is 11.4. The number of benzene rings is 2. The minimum atomic E-state index is -1.37. The number of amidine groups is 1. The number of hydrogen-bond donors (Lipinski definition) is 2. The number of Topliss-reactive ketones (excluding diaryl/α,β-unsaturated/α-hetero) is 2. The van der Waals surface area contributed by atoms with E-state index in [-0.39, 0.29) is 42.6 Å². The number of carboxylic acid groups (broad SMARTS) is 1. The van der Waals surface area contributed by atoms with Crippen molar-refractivity contribution in [3.05, 3.63) is 65.2 Å². The summed E-state index contributed by atoms with van der Waals surface area (Å²) in [5.74, 6) is -3.08. The van der Waals surface area contributed by atoms with Crippen LogP contribution in [-0.2, 0) is 14.3 Å². The zero-order chi connectivity index (χ0) is 23.7. The number of carbonyl (C=O) groups is 4. The molecule has 32 heavy (non-hydrogen) atoms. The van der Waals surface area contributed by atoms with Gasteiger partial charge < -0.3 is 25.1 Å². The van der Waals surface area contributed by atoms with Gasteiger partial charge in [-0.1, -0.05) is 24.3 Å². The van der Waals surface area contributed by atoms with Crippen LogP contribution in [0.4, 0.5) is 0 Å². The fourth-order valence-electron chi connectivity index (χ4n) is 2.94. The van der Waals surface area contributed by atoms with Gasteiger partial charge in [0, 0.05) is 36.0 Å². The van der Waals surface area contributed by atoms with Crippen LogP contribution >= 0.6 is 0 Å². The average Bonchev–Trinajstić information content (AvgIpc) is 2.76. The average molecular weight is 439 g/mol. The third-order valence-electron chi connectivity index (χ3n) is 4.59. The Morgan fingerprint density at radius 1 is 0.969 bits per heavy atom. The van der Waals surface area contributed by atoms with Crippen LogP contribution in [0.1, 0.15) is 46.0 Å². The normalized spacial score (nSPS) is 11.3. The summed E-state index contributed by atoms with van der Waals surface area (Å²) in [5.41, 5.74) is 6.57. The van der Waals surface area contributed by atoms with Crippen LogP contribution in [-0.4, -0.2) is 42.6 Å². The number of nitrogen functional groups attached to an aromatic ring is 1. The van der Waals surface area contributed by atoms with Gasteiger partial charge in [-0.05, 0) is 30.7 Å². The summed E-state index contributed by atoms with van der Waals surface area (Å²) < 4.78 is 9.93. The van der Waals surface area contributed by atoms with Gasteiger partial charge in [0.25, 0.3) is 0 Å². The molecule has 9 nitrogen and oxygen atoms in total. The van der Waals surface area contributed by atoms with Crippen LogP contribution in [0.25, 0.3) is 0 Å². The molecule has 0 spiro atoms. The fraction of sp³-hybridized carbons (Fsp3) is 0.261. The molecule has 2 aromatic rings. The lowest BCUT2D eigenvalue weighted by Crippen LogP contribution is -2.28. The van der Waals surface area contributed by atoms with Gasteiger partial charge in [0.05, 0.1) is 12.6 Å². The standard InChI is InChI=1S/C23H24N2O7/c1-14(26)31-11-10-18(12-20(27)15-2-4-17(5-3-15)23(24)25)22(30)16-6-8-19(9-7-16)32-13-21(28)29/h2-9,18H,10-13H2,1H3,(H3,24,25)(H,28,29)/p-1. The number of nitrogens with two attached hydrogens (primary N) is 1. The summed E-state index contributed by atoms with van der Waals surface area (Å²) in [6, 6.07) is 12.0. The summed E-state index contributed by atoms with van der Waals surface area (Å²) in [5, 5.41) is 17.9. The highest BCUT2D eigenvalue weighted by molar-refractivity contribution is 6.04. The van der Waals surface area contributed by atoms with E-state index in [0.717, 1.165) is 0 Å². The molecular weight excluding hydrogens is 416 g/mol. The Hall–Kier alpha value is -4.01. The topological polar surface area (TPSA) is 160 Å². The van der Waals surface area contributed by atoms with E-state index in [1.165, 1.54) is 43.3 Å². The lowest BCUT2D eigenvalue weighted by atomic mass is 9.88. The highest BCUT2D eigenvalue weighted by Gasteiger charge is 2.24. The molecule has 0 saturated carbocycles. The number of aliphatic carboxylic acids is 1. The molecule has 1 unspecified atom stereocenters. The Morgan fingerprint density at radius 3 is 2.06 bits per heavy atom. The lowest BCUT2D eigenvalue weighted by molar-refractivity contribution is -0.307. The second-order valence-electron chi connectivity index (χ2n) is 6.99. The molecule has 2 rings (SSSR count). The molecule has 9 heteroatoms. The number of rotatable bonds is 12. The first kappa shape index (κ1) is 24.3. The van der Waals surface area contributed by atoms with Gasteiger partial charge in [0.2, 0.25) is 0 Å². The van der Waals surface area contributed by atoms with Gasteiger partial charge in [-0.15, -0.1) is 0 Å². The zero-order valence-electron chi connectivity index (χ0n) is 17.5. The van der Waals surface area contributed by atoms with Crippen molar-refractivity contribution in [2.45, 2.75) is 19.8 Å². The summed E-state index contributed by atoms with van der Waals surface area (Å²) in [7, 11) is 0. The van der Waals surface area contributed by atoms with Crippen LogP contribution in [0.2, 0.25) is 0 Å². The van der Waals surface area contributed by atoms with E-state index in [4.69, 9.17) is 20.6 Å². The molecule has 0 aliphatic rings. The first-order valence-electron chi connectivity index (χ1n) is 9.75. The maximum absolute atomic E-state index is 13.0. The monoisotopic (exact) mass is 439 g/mol. The zero-order valence-corrected chi connectivity index (χ0v) is 17.5. The summed E-state index contributed by atoms with van der Waals surface area (Å²) in [6.07, 6.45) is 0.0427. The van der Waals surface area contributed by atoms with E-state index >= 15 is 0 Å². The van der Waals surface area contributed by atoms with E-state index < -0.39 is 24.5 Å². The Kier molecular flexibility index (Phi) is 8.64. The molecule has 0 radical (unpaired) electrons. The van der Waals surface area contributed by atoms with E-state index in [0.29, 0.717) is 16.7 Å². The predicted octanol–water partition coefficient (Wildman–Crippen LogP) is 1.12. The molecule has 1 atom stereocenters. The number of esters is 1. The smallest absolute Gasteiger partial charge is 0.302 e. The minimum absolute atomic E-state index is 0.0187. The third kappa shape index (κ3) is 7.35. The highest BCUT2D eigenvalue weighted by Crippen LogP contribution is 2.22. The minimum Gasteiger partial charge on any atom is -0.546 e. The van der Waals surface area contributed by atoms with Crippen LogP contribution in [0, 0.1) is 11.3 Å². The van der Waals surface area contributed by atoms with Crippen LogP contribution in [0.3, 0.4) is 0 Å². The number of ether oxygens (including phenoxy) is 2. The molecule has 3 N–H and O–H groups in total. The second-order valence-corrected chi connectivity index (χ2v) is 6.99. The van der Waals surface area contributed by atoms with E-state index in [1.807, 2.05) is 0 Å². The Balaban J connectivity index is 2.14. The van der Waals surface area contributed by atoms with Crippen molar-refractivity contribution >= 4 is 29.3 Å². The summed E-state index contributed by atoms with van der Waals surface area (Å²) in [4.78, 5) is 47.3. The fourth-order valence-corrected chi connectivity index (χ4v) is 2.94. The van der Waals surface area contributed by atoms with Crippen molar-refractivity contribution in [2.75, 3.05) is 13.2 Å². The van der Waals surface area contributed by atoms with Crippen LogP contribution < -0.4 is 15.6 Å². The van der Waals surface area contributed by atoms with Gasteiger partial charge in [0.1, 0.15) is 18.2 Å². The van der Waals surface area contributed by atoms with Crippen molar-refractivity contribution in [3.63, 3.8) is 0 Å². The molecule has 168 valence electrons. The number of carbonyl (C=O) groups excluding carboxylic acids is 4. The lowest BCUT2D eigenvalue weighted by Gasteiger charge is -2.16. The van der Waals surface area contributed by atoms with Crippen LogP contribution in [0.5, 0.6) is 5.75 Å². The Bertz CT molecular complexity index is 998. The number of hydrogen-bond acceptors (Lipinski definition) is 8. The first-order chi connectivity index (χ1) is 15.2. The number of nitrogens with one attached hydrogen (secondary N) is 1. The van der Waals surface area contributed by atoms with Crippen LogP contribution in [0.15, 0.2) is 48.5 Å². The summed E-state index contributed by atoms with van der Waals surface area (Å²) >= 11 is 0. The third-order valence-corrected chi connectivity index (χ3v) is 4.59. The number of carboxylic acids is 1. The van der Waals surface area contributed by atoms with Crippen molar-refractivity contribution in [1.82, 2.24) is 0 Å². The molecule has 0 aromatic heterocycles. The van der Waals surface area contributed by atoms with Gasteiger partial charge in [-0.25, -0.2) is 0 Å². The van der Waals surface area contributed by atoms with Crippen molar-refractivity contribution < 1.29 is 33.8 Å². The summed E-state index contributed by atoms with van der Waals surface area (Å²) in [6.45, 7) is 0.619. The molecule has 0 saturated heterocycles. The Morgan fingerprint density at radius 2 is 1.53 bits per heavy atom. The van der Waals surface area contributed by atoms with E-state index in [2.05, 4.69) is 0 Å². The Labute approximate surface area is 184 Å². The van der Waals surface area contributed by atoms with E-state index in [1.54, 1.807) is 12.1 Å². The highest BCUT2D eigenvalue weighted by atomic mass is 16.5. The molecular formula is C23H23N2O7-. The van der Waals surface area contributed by atoms with Crippen molar-refractivity contribution in [3.8, 4) is 5.75 Å². The maximum atomic E-state index is 13.0. The molecule has 2 aromatic carbocycles. The predicted molar refractivity (Wildman–Crippen MR) is 112 cm³/mol. The van der Waals surface area contributed by atoms with Gasteiger partial charge >= 0.3 is 5.97 Å². The van der Waals surface area contributed by atoms with Gasteiger partial charge in [0.15, 0.2) is 11.6 Å². The molecule has 0 aliphatic carbocycles. The van der Waals surface area contributed by atoms with Crippen molar-refractivity contribution in [1.29, 1.82) is 5.41 Å². The van der Waals surface area contributed by atoms with E-state index in [9.17, 15) is 24.3 Å². The van der Waals surface area contributed by atoms with Gasteiger partial charge in [-0.2, -0.15) is 0 Å². The van der Waals surface area contributed by atoms with Crippen molar-refractivity contribution in [2.24, 2.45) is 11.7 Å². The molecule has 0 fully saturated rings. The SMILES string of the molecule is CC(=O)OCCC(CC(=O)c1ccc(C(=N)N)cc1)C(=O)c1ccc(OCC(=O)[O-])cc1. The molecule has 0 amide bonds. The molecule has 0 aliphatic heterocycles. The first-order valence-corrected chi connectivity index (χ1v) is 9.75. The van der Waals surface area contributed by atoms with Gasteiger partial charge in [-0.3, -0.25) is 19.8 Å².